The first kappa shape index (κ1) is 22.7. The molecule has 2 aliphatic rings. The average molecular weight is 493 g/mol. The van der Waals surface area contributed by atoms with Gasteiger partial charge in [0.1, 0.15) is 5.75 Å². The molecular weight excluding hydrogens is 468 g/mol. The van der Waals surface area contributed by atoms with E-state index in [-0.39, 0.29) is 29.6 Å². The van der Waals surface area contributed by atoms with Gasteiger partial charge in [-0.1, -0.05) is 42.5 Å². The van der Waals surface area contributed by atoms with Crippen molar-refractivity contribution >= 4 is 40.6 Å². The molecule has 8 nitrogen and oxygen atoms in total. The summed E-state index contributed by atoms with van der Waals surface area (Å²) in [5.41, 5.74) is 8.01. The van der Waals surface area contributed by atoms with E-state index in [4.69, 9.17) is 4.74 Å². The van der Waals surface area contributed by atoms with Crippen LogP contribution in [0.1, 0.15) is 52.0 Å². The summed E-state index contributed by atoms with van der Waals surface area (Å²) in [5.74, 6) is -0.182. The van der Waals surface area contributed by atoms with Crippen LogP contribution in [0.25, 0.3) is 10.9 Å². The maximum Gasteiger partial charge on any atom is 0.308 e. The molecule has 2 atom stereocenters. The Kier molecular flexibility index (Phi) is 5.56. The van der Waals surface area contributed by atoms with Crippen LogP contribution in [0, 0.1) is 5.92 Å². The number of esters is 1. The number of carbonyl (C=O) groups excluding carboxylic acids is 3. The minimum atomic E-state index is -0.383. The zero-order chi connectivity index (χ0) is 25.5. The van der Waals surface area contributed by atoms with E-state index in [0.717, 1.165) is 39.7 Å². The van der Waals surface area contributed by atoms with E-state index in [1.807, 2.05) is 54.6 Å². The Labute approximate surface area is 212 Å². The van der Waals surface area contributed by atoms with Crippen LogP contribution < -0.4 is 15.5 Å². The van der Waals surface area contributed by atoms with Gasteiger partial charge in [-0.25, -0.2) is 5.43 Å². The van der Waals surface area contributed by atoms with Gasteiger partial charge in [0.2, 0.25) is 5.91 Å². The fourth-order valence-electron chi connectivity index (χ4n) is 5.04. The minimum Gasteiger partial charge on any atom is -0.427 e. The van der Waals surface area contributed by atoms with Crippen LogP contribution >= 0.6 is 0 Å². The molecule has 3 aromatic carbocycles. The minimum absolute atomic E-state index is 0.0556. The SMILES string of the molecule is CC(=O)Oc1cccc(Cc2[nH]c3cc(NC(=O)C4CC4c4ccccc4)cc4c3c2C=NNC4=O)c1. The molecule has 1 saturated carbocycles. The van der Waals surface area contributed by atoms with Crippen molar-refractivity contribution in [3.8, 4) is 5.75 Å². The smallest absolute Gasteiger partial charge is 0.308 e. The van der Waals surface area contributed by atoms with Crippen LogP contribution in [-0.2, 0) is 16.0 Å². The van der Waals surface area contributed by atoms with Gasteiger partial charge in [0, 0.05) is 47.1 Å². The van der Waals surface area contributed by atoms with Gasteiger partial charge in [0.15, 0.2) is 0 Å². The largest absolute Gasteiger partial charge is 0.427 e. The Morgan fingerprint density at radius 2 is 1.92 bits per heavy atom. The third kappa shape index (κ3) is 4.49. The monoisotopic (exact) mass is 492 g/mol. The highest BCUT2D eigenvalue weighted by Gasteiger charge is 2.43. The van der Waals surface area contributed by atoms with Gasteiger partial charge in [-0.3, -0.25) is 14.4 Å². The van der Waals surface area contributed by atoms with Crippen molar-refractivity contribution in [1.29, 1.82) is 0 Å². The lowest BCUT2D eigenvalue weighted by Crippen LogP contribution is -2.18. The Bertz CT molecular complexity index is 1590. The van der Waals surface area contributed by atoms with Crippen molar-refractivity contribution < 1.29 is 19.1 Å². The number of hydrogen-bond donors (Lipinski definition) is 3. The second kappa shape index (κ2) is 9.05. The number of anilines is 1. The Morgan fingerprint density at radius 1 is 1.08 bits per heavy atom. The number of nitrogens with zero attached hydrogens (tertiary/aromatic N) is 1. The number of ether oxygens (including phenoxy) is 1. The molecule has 1 aromatic heterocycles. The van der Waals surface area contributed by atoms with E-state index in [2.05, 4.69) is 20.8 Å². The number of hydrazone groups is 1. The number of amides is 2. The van der Waals surface area contributed by atoms with Crippen molar-refractivity contribution in [3.05, 3.63) is 94.7 Å². The van der Waals surface area contributed by atoms with E-state index in [1.165, 1.54) is 6.92 Å². The van der Waals surface area contributed by atoms with Crippen molar-refractivity contribution in [2.45, 2.75) is 25.7 Å². The van der Waals surface area contributed by atoms with Crippen LogP contribution in [0.4, 0.5) is 5.69 Å². The topological polar surface area (TPSA) is 113 Å². The summed E-state index contributed by atoms with van der Waals surface area (Å²) >= 11 is 0. The maximum atomic E-state index is 13.0. The van der Waals surface area contributed by atoms with Crippen LogP contribution in [0.5, 0.6) is 5.75 Å². The number of benzene rings is 3. The maximum absolute atomic E-state index is 13.0. The van der Waals surface area contributed by atoms with Crippen molar-refractivity contribution in [2.24, 2.45) is 11.0 Å². The molecule has 2 heterocycles. The first-order valence-corrected chi connectivity index (χ1v) is 12.1. The van der Waals surface area contributed by atoms with E-state index in [0.29, 0.717) is 23.4 Å². The summed E-state index contributed by atoms with van der Waals surface area (Å²) in [6, 6.07) is 20.9. The Balaban J connectivity index is 1.30. The lowest BCUT2D eigenvalue weighted by atomic mass is 10.0. The van der Waals surface area contributed by atoms with E-state index >= 15 is 0 Å². The predicted molar refractivity (Wildman–Crippen MR) is 140 cm³/mol. The molecule has 1 aliphatic carbocycles. The first-order valence-electron chi connectivity index (χ1n) is 12.1. The van der Waals surface area contributed by atoms with Crippen molar-refractivity contribution in [3.63, 3.8) is 0 Å². The number of aromatic nitrogens is 1. The van der Waals surface area contributed by atoms with Gasteiger partial charge < -0.3 is 15.0 Å². The lowest BCUT2D eigenvalue weighted by molar-refractivity contribution is -0.131. The molecule has 1 aliphatic heterocycles. The summed E-state index contributed by atoms with van der Waals surface area (Å²) < 4.78 is 5.21. The fraction of sp³-hybridized carbons (Fsp3) is 0.172. The van der Waals surface area contributed by atoms with Crippen molar-refractivity contribution in [1.82, 2.24) is 10.4 Å². The third-order valence-corrected chi connectivity index (χ3v) is 6.79. The Hall–Kier alpha value is -4.72. The quantitative estimate of drug-likeness (QED) is 0.272. The first-order chi connectivity index (χ1) is 18.0. The molecule has 37 heavy (non-hydrogen) atoms. The van der Waals surface area contributed by atoms with E-state index in [1.54, 1.807) is 18.3 Å². The zero-order valence-corrected chi connectivity index (χ0v) is 20.1. The van der Waals surface area contributed by atoms with Crippen LogP contribution in [0.2, 0.25) is 0 Å². The van der Waals surface area contributed by atoms with Gasteiger partial charge in [-0.2, -0.15) is 5.10 Å². The number of hydrogen-bond acceptors (Lipinski definition) is 5. The van der Waals surface area contributed by atoms with Gasteiger partial charge in [0.25, 0.3) is 5.91 Å². The van der Waals surface area contributed by atoms with E-state index < -0.39 is 0 Å². The number of aromatic amines is 1. The molecule has 1 fully saturated rings. The molecule has 2 amide bonds. The van der Waals surface area contributed by atoms with Crippen molar-refractivity contribution in [2.75, 3.05) is 5.32 Å². The molecule has 2 unspecified atom stereocenters. The molecule has 0 radical (unpaired) electrons. The van der Waals surface area contributed by atoms with Crippen LogP contribution in [0.3, 0.4) is 0 Å². The van der Waals surface area contributed by atoms with Gasteiger partial charge >= 0.3 is 5.97 Å². The van der Waals surface area contributed by atoms with Crippen LogP contribution in [-0.4, -0.2) is 29.0 Å². The zero-order valence-electron chi connectivity index (χ0n) is 20.1. The average Bonchev–Trinajstić information content (AvgIpc) is 3.63. The molecule has 0 spiro atoms. The molecular formula is C29H24N4O4. The lowest BCUT2D eigenvalue weighted by Gasteiger charge is -2.08. The fourth-order valence-corrected chi connectivity index (χ4v) is 5.04. The summed E-state index contributed by atoms with van der Waals surface area (Å²) in [5, 5.41) is 7.85. The second-order valence-corrected chi connectivity index (χ2v) is 9.43. The van der Waals surface area contributed by atoms with Gasteiger partial charge in [0.05, 0.1) is 11.8 Å². The Morgan fingerprint density at radius 3 is 2.73 bits per heavy atom. The number of H-pyrrole nitrogens is 1. The third-order valence-electron chi connectivity index (χ3n) is 6.79. The molecule has 8 heteroatoms. The molecule has 0 saturated heterocycles. The van der Waals surface area contributed by atoms with Gasteiger partial charge in [-0.05, 0) is 47.7 Å². The summed E-state index contributed by atoms with van der Waals surface area (Å²) in [4.78, 5) is 40.6. The highest BCUT2D eigenvalue weighted by molar-refractivity contribution is 6.16. The van der Waals surface area contributed by atoms with Gasteiger partial charge in [-0.15, -0.1) is 0 Å². The standard InChI is InChI=1S/C29H24N4O4/c1-16(34)37-20-9-5-6-17(10-20)11-25-24-15-30-33-29(36)23-12-19(13-26(32-25)27(23)24)31-28(35)22-14-21(22)18-7-3-2-4-8-18/h2-10,12-13,15,21-22,32H,11,14H2,1H3,(H,31,35)(H,33,36). The number of nitrogens with one attached hydrogen (secondary N) is 3. The highest BCUT2D eigenvalue weighted by atomic mass is 16.5. The molecule has 0 bridgehead atoms. The summed E-state index contributed by atoms with van der Waals surface area (Å²) in [7, 11) is 0. The molecule has 3 N–H and O–H groups in total. The molecule has 184 valence electrons. The number of rotatable bonds is 6. The summed E-state index contributed by atoms with van der Waals surface area (Å²) in [6.45, 7) is 1.36. The second-order valence-electron chi connectivity index (χ2n) is 9.43. The predicted octanol–water partition coefficient (Wildman–Crippen LogP) is 4.50. The molecule has 6 rings (SSSR count). The summed E-state index contributed by atoms with van der Waals surface area (Å²) in [6.07, 6.45) is 2.94. The number of carbonyl (C=O) groups is 3. The normalized spacial score (nSPS) is 17.7. The molecule has 4 aromatic rings. The highest BCUT2D eigenvalue weighted by Crippen LogP contribution is 2.48. The van der Waals surface area contributed by atoms with Crippen LogP contribution in [0.15, 0.2) is 71.8 Å². The van der Waals surface area contributed by atoms with E-state index in [9.17, 15) is 14.4 Å².